The van der Waals surface area contributed by atoms with E-state index in [-0.39, 0.29) is 18.6 Å². The van der Waals surface area contributed by atoms with Gasteiger partial charge in [-0.3, -0.25) is 0 Å². The van der Waals surface area contributed by atoms with E-state index < -0.39 is 0 Å². The zero-order valence-corrected chi connectivity index (χ0v) is 10.5. The molecule has 1 N–H and O–H groups in total. The van der Waals surface area contributed by atoms with Crippen molar-refractivity contribution in [1.29, 1.82) is 0 Å². The first-order valence-electron chi connectivity index (χ1n) is 4.90. The molecule has 0 aliphatic carbocycles. The van der Waals surface area contributed by atoms with Crippen LogP contribution in [-0.4, -0.2) is 18.3 Å². The second-order valence-electron chi connectivity index (χ2n) is 3.69. The van der Waals surface area contributed by atoms with Gasteiger partial charge in [-0.25, -0.2) is 0 Å². The lowest BCUT2D eigenvalue weighted by atomic mass is 9.96. The average molecular weight is 292 g/mol. The van der Waals surface area contributed by atoms with Gasteiger partial charge in [0.1, 0.15) is 0 Å². The van der Waals surface area contributed by atoms with Crippen LogP contribution in [0.15, 0.2) is 22.7 Å². The second-order valence-corrected chi connectivity index (χ2v) is 4.98. The third kappa shape index (κ3) is 2.36. The molecule has 2 rings (SSSR count). The highest BCUT2D eigenvalue weighted by Gasteiger charge is 2.30. The standard InChI is InChI=1S/C11H12BrClO2/c12-10-2-1-8(13)5-9(10)11-7(6-14)3-4-15-11/h1-2,5,7,11,14H,3-4,6H2. The molecule has 1 heterocycles. The van der Waals surface area contributed by atoms with E-state index in [2.05, 4.69) is 15.9 Å². The fourth-order valence-electron chi connectivity index (χ4n) is 1.90. The van der Waals surface area contributed by atoms with Gasteiger partial charge in [0.05, 0.1) is 6.10 Å². The summed E-state index contributed by atoms with van der Waals surface area (Å²) in [5.74, 6) is 0.180. The van der Waals surface area contributed by atoms with Crippen LogP contribution in [0.5, 0.6) is 0 Å². The van der Waals surface area contributed by atoms with E-state index in [4.69, 9.17) is 16.3 Å². The van der Waals surface area contributed by atoms with Crippen LogP contribution in [0, 0.1) is 5.92 Å². The molecule has 1 saturated heterocycles. The zero-order chi connectivity index (χ0) is 10.8. The molecule has 2 atom stereocenters. The molecule has 0 aromatic heterocycles. The summed E-state index contributed by atoms with van der Waals surface area (Å²) >= 11 is 9.42. The number of hydrogen-bond donors (Lipinski definition) is 1. The number of hydrogen-bond acceptors (Lipinski definition) is 2. The highest BCUT2D eigenvalue weighted by molar-refractivity contribution is 9.10. The lowest BCUT2D eigenvalue weighted by Crippen LogP contribution is -2.11. The Bertz CT molecular complexity index is 356. The molecule has 1 aliphatic rings. The Morgan fingerprint density at radius 1 is 1.53 bits per heavy atom. The zero-order valence-electron chi connectivity index (χ0n) is 8.12. The van der Waals surface area contributed by atoms with Crippen molar-refractivity contribution in [2.24, 2.45) is 5.92 Å². The van der Waals surface area contributed by atoms with E-state index in [0.29, 0.717) is 11.6 Å². The number of halogens is 2. The predicted molar refractivity (Wildman–Crippen MR) is 63.0 cm³/mol. The molecule has 2 nitrogen and oxygen atoms in total. The van der Waals surface area contributed by atoms with E-state index in [1.165, 1.54) is 0 Å². The van der Waals surface area contributed by atoms with Gasteiger partial charge in [0.2, 0.25) is 0 Å². The number of rotatable bonds is 2. The molecule has 1 fully saturated rings. The molecule has 15 heavy (non-hydrogen) atoms. The minimum atomic E-state index is -0.0388. The number of ether oxygens (including phenoxy) is 1. The molecule has 1 aromatic carbocycles. The predicted octanol–water partition coefficient (Wildman–Crippen LogP) is 3.17. The van der Waals surface area contributed by atoms with Crippen LogP contribution in [0.25, 0.3) is 0 Å². The minimum absolute atomic E-state index is 0.0388. The van der Waals surface area contributed by atoms with Crippen LogP contribution >= 0.6 is 27.5 Å². The highest BCUT2D eigenvalue weighted by Crippen LogP contribution is 2.38. The van der Waals surface area contributed by atoms with E-state index in [1.54, 1.807) is 0 Å². The van der Waals surface area contributed by atoms with Crippen LogP contribution in [0.4, 0.5) is 0 Å². The second kappa shape index (κ2) is 4.83. The molecular weight excluding hydrogens is 279 g/mol. The maximum atomic E-state index is 9.23. The van der Waals surface area contributed by atoms with E-state index in [9.17, 15) is 5.11 Å². The molecular formula is C11H12BrClO2. The SMILES string of the molecule is OCC1CCOC1c1cc(Cl)ccc1Br. The molecule has 4 heteroatoms. The summed E-state index contributed by atoms with van der Waals surface area (Å²) in [5, 5.41) is 9.92. The van der Waals surface area contributed by atoms with Crippen LogP contribution in [0.2, 0.25) is 5.02 Å². The summed E-state index contributed by atoms with van der Waals surface area (Å²) in [6, 6.07) is 5.64. The highest BCUT2D eigenvalue weighted by atomic mass is 79.9. The van der Waals surface area contributed by atoms with E-state index >= 15 is 0 Å². The van der Waals surface area contributed by atoms with E-state index in [0.717, 1.165) is 16.5 Å². The lowest BCUT2D eigenvalue weighted by molar-refractivity contribution is 0.0715. The van der Waals surface area contributed by atoms with Crippen LogP contribution in [0.3, 0.4) is 0 Å². The largest absolute Gasteiger partial charge is 0.396 e. The smallest absolute Gasteiger partial charge is 0.0887 e. The molecule has 0 spiro atoms. The fraction of sp³-hybridized carbons (Fsp3) is 0.455. The van der Waals surface area contributed by atoms with Gasteiger partial charge < -0.3 is 9.84 Å². The fourth-order valence-corrected chi connectivity index (χ4v) is 2.55. The summed E-state index contributed by atoms with van der Waals surface area (Å²) < 4.78 is 6.61. The first-order valence-corrected chi connectivity index (χ1v) is 6.07. The Balaban J connectivity index is 2.31. The molecule has 82 valence electrons. The summed E-state index contributed by atoms with van der Waals surface area (Å²) in [6.45, 7) is 0.860. The molecule has 0 amide bonds. The maximum Gasteiger partial charge on any atom is 0.0887 e. The number of benzene rings is 1. The Morgan fingerprint density at radius 3 is 3.07 bits per heavy atom. The van der Waals surface area contributed by atoms with Crippen molar-refractivity contribution in [3.05, 3.63) is 33.3 Å². The Hall–Kier alpha value is -0.0900. The molecule has 0 radical (unpaired) electrons. The molecule has 0 bridgehead atoms. The molecule has 0 saturated carbocycles. The van der Waals surface area contributed by atoms with Crippen molar-refractivity contribution in [1.82, 2.24) is 0 Å². The van der Waals surface area contributed by atoms with Gasteiger partial charge in [-0.2, -0.15) is 0 Å². The lowest BCUT2D eigenvalue weighted by Gasteiger charge is -2.18. The molecule has 2 unspecified atom stereocenters. The molecule has 1 aromatic rings. The van der Waals surface area contributed by atoms with Crippen molar-refractivity contribution >= 4 is 27.5 Å². The maximum absolute atomic E-state index is 9.23. The van der Waals surface area contributed by atoms with Gasteiger partial charge >= 0.3 is 0 Å². The van der Waals surface area contributed by atoms with Gasteiger partial charge in [0, 0.05) is 28.6 Å². The van der Waals surface area contributed by atoms with Crippen molar-refractivity contribution in [2.45, 2.75) is 12.5 Å². The van der Waals surface area contributed by atoms with Crippen molar-refractivity contribution in [3.8, 4) is 0 Å². The van der Waals surface area contributed by atoms with E-state index in [1.807, 2.05) is 18.2 Å². The Morgan fingerprint density at radius 2 is 2.33 bits per heavy atom. The van der Waals surface area contributed by atoms with Crippen LogP contribution in [0.1, 0.15) is 18.1 Å². The minimum Gasteiger partial charge on any atom is -0.396 e. The summed E-state index contributed by atoms with van der Waals surface area (Å²) in [5.41, 5.74) is 1.03. The van der Waals surface area contributed by atoms with Gasteiger partial charge in [0.15, 0.2) is 0 Å². The molecule has 1 aliphatic heterocycles. The summed E-state index contributed by atoms with van der Waals surface area (Å²) in [6.07, 6.45) is 0.864. The third-order valence-electron chi connectivity index (χ3n) is 2.71. The Labute approximate surface area is 102 Å². The number of aliphatic hydroxyl groups excluding tert-OH is 1. The first-order chi connectivity index (χ1) is 7.22. The summed E-state index contributed by atoms with van der Waals surface area (Å²) in [4.78, 5) is 0. The quantitative estimate of drug-likeness (QED) is 0.907. The van der Waals surface area contributed by atoms with Crippen LogP contribution in [-0.2, 0) is 4.74 Å². The monoisotopic (exact) mass is 290 g/mol. The topological polar surface area (TPSA) is 29.5 Å². The summed E-state index contributed by atoms with van der Waals surface area (Å²) in [7, 11) is 0. The van der Waals surface area contributed by atoms with Gasteiger partial charge in [-0.1, -0.05) is 27.5 Å². The van der Waals surface area contributed by atoms with Crippen molar-refractivity contribution in [2.75, 3.05) is 13.2 Å². The van der Waals surface area contributed by atoms with Crippen molar-refractivity contribution < 1.29 is 9.84 Å². The number of aliphatic hydroxyl groups is 1. The van der Waals surface area contributed by atoms with Crippen LogP contribution < -0.4 is 0 Å². The average Bonchev–Trinajstić information content (AvgIpc) is 2.69. The van der Waals surface area contributed by atoms with Crippen molar-refractivity contribution in [3.63, 3.8) is 0 Å². The van der Waals surface area contributed by atoms with Gasteiger partial charge in [0.25, 0.3) is 0 Å². The Kier molecular flexibility index (Phi) is 3.67. The van der Waals surface area contributed by atoms with Gasteiger partial charge in [-0.15, -0.1) is 0 Å². The normalized spacial score (nSPS) is 25.8. The first kappa shape index (κ1) is 11.4. The van der Waals surface area contributed by atoms with Gasteiger partial charge in [-0.05, 0) is 30.2 Å². The third-order valence-corrected chi connectivity index (χ3v) is 3.67.